The predicted octanol–water partition coefficient (Wildman–Crippen LogP) is 0.289. The number of likely N-dealkylation sites (tertiary alicyclic amines) is 1. The average molecular weight is 326 g/mol. The highest BCUT2D eigenvalue weighted by Crippen LogP contribution is 2.32. The Kier molecular flexibility index (Phi) is 3.72. The first-order chi connectivity index (χ1) is 11.7. The molecule has 0 unspecified atom stereocenters. The van der Waals surface area contributed by atoms with Crippen LogP contribution in [0.1, 0.15) is 24.8 Å². The van der Waals surface area contributed by atoms with Crippen LogP contribution in [0.15, 0.2) is 31.0 Å². The molecule has 1 atom stereocenters. The molecule has 8 heteroatoms. The van der Waals surface area contributed by atoms with E-state index in [4.69, 9.17) is 0 Å². The second kappa shape index (κ2) is 6.03. The summed E-state index contributed by atoms with van der Waals surface area (Å²) in [7, 11) is 0. The molecule has 1 saturated carbocycles. The number of amides is 2. The highest BCUT2D eigenvalue weighted by molar-refractivity contribution is 5.89. The third-order valence-corrected chi connectivity index (χ3v) is 4.47. The summed E-state index contributed by atoms with van der Waals surface area (Å²) >= 11 is 0. The number of carbonyl (C=O) groups is 2. The maximum absolute atomic E-state index is 12.4. The van der Waals surface area contributed by atoms with Crippen LogP contribution in [0, 0.1) is 5.92 Å². The summed E-state index contributed by atoms with van der Waals surface area (Å²) in [6, 6.07) is 4.07. The van der Waals surface area contributed by atoms with E-state index < -0.39 is 0 Å². The van der Waals surface area contributed by atoms with Crippen LogP contribution in [0.5, 0.6) is 0 Å². The molecule has 2 aliphatic rings. The van der Waals surface area contributed by atoms with Crippen molar-refractivity contribution in [2.45, 2.75) is 31.8 Å². The van der Waals surface area contributed by atoms with Crippen LogP contribution < -0.4 is 5.32 Å². The summed E-state index contributed by atoms with van der Waals surface area (Å²) in [6.07, 6.45) is 7.12. The summed E-state index contributed by atoms with van der Waals surface area (Å²) in [4.78, 5) is 34.5. The summed E-state index contributed by atoms with van der Waals surface area (Å²) in [5.74, 6) is 0.393. The van der Waals surface area contributed by atoms with Gasteiger partial charge in [0.25, 0.3) is 0 Å². The Morgan fingerprint density at radius 1 is 1.38 bits per heavy atom. The van der Waals surface area contributed by atoms with E-state index in [2.05, 4.69) is 20.4 Å². The summed E-state index contributed by atoms with van der Waals surface area (Å²) in [6.45, 7) is 0.883. The van der Waals surface area contributed by atoms with Gasteiger partial charge in [0.1, 0.15) is 12.7 Å². The lowest BCUT2D eigenvalue weighted by Gasteiger charge is -2.15. The Bertz CT molecular complexity index is 756. The zero-order valence-electron chi connectivity index (χ0n) is 13.1. The highest BCUT2D eigenvalue weighted by atomic mass is 16.2. The molecule has 1 aliphatic heterocycles. The number of nitrogens with zero attached hydrogens (tertiary/aromatic N) is 5. The lowest BCUT2D eigenvalue weighted by atomic mass is 10.1. The number of carbonyl (C=O) groups excluding carboxylic acids is 2. The SMILES string of the molecule is O=C(NCc1cccnc1-n1cncn1)[C@@H]1CC(=O)N(C2CC2)C1. The van der Waals surface area contributed by atoms with E-state index in [1.165, 1.54) is 6.33 Å². The molecule has 1 aliphatic carbocycles. The van der Waals surface area contributed by atoms with Crippen LogP contribution in [0.4, 0.5) is 0 Å². The molecule has 2 aromatic rings. The lowest BCUT2D eigenvalue weighted by molar-refractivity contribution is -0.129. The van der Waals surface area contributed by atoms with Crippen LogP contribution in [-0.2, 0) is 16.1 Å². The molecule has 0 radical (unpaired) electrons. The van der Waals surface area contributed by atoms with Crippen molar-refractivity contribution in [2.24, 2.45) is 5.92 Å². The molecule has 0 spiro atoms. The van der Waals surface area contributed by atoms with Gasteiger partial charge < -0.3 is 10.2 Å². The van der Waals surface area contributed by atoms with E-state index in [0.717, 1.165) is 18.4 Å². The summed E-state index contributed by atoms with van der Waals surface area (Å²) in [5, 5.41) is 7.00. The van der Waals surface area contributed by atoms with E-state index in [9.17, 15) is 9.59 Å². The molecule has 1 saturated heterocycles. The Balaban J connectivity index is 1.40. The van der Waals surface area contributed by atoms with Crippen molar-refractivity contribution in [1.82, 2.24) is 30.0 Å². The average Bonchev–Trinajstić information content (AvgIpc) is 3.14. The van der Waals surface area contributed by atoms with Gasteiger partial charge in [0, 0.05) is 37.3 Å². The minimum absolute atomic E-state index is 0.0834. The van der Waals surface area contributed by atoms with Crippen LogP contribution in [0.25, 0.3) is 5.82 Å². The fraction of sp³-hybridized carbons (Fsp3) is 0.438. The third kappa shape index (κ3) is 2.86. The topological polar surface area (TPSA) is 93.0 Å². The Morgan fingerprint density at radius 2 is 2.25 bits per heavy atom. The number of aromatic nitrogens is 4. The van der Waals surface area contributed by atoms with Crippen molar-refractivity contribution >= 4 is 11.8 Å². The number of nitrogens with one attached hydrogen (secondary N) is 1. The normalized spacial score (nSPS) is 20.4. The fourth-order valence-corrected chi connectivity index (χ4v) is 3.07. The molecular weight excluding hydrogens is 308 g/mol. The van der Waals surface area contributed by atoms with Crippen LogP contribution in [0.2, 0.25) is 0 Å². The minimum atomic E-state index is -0.260. The van der Waals surface area contributed by atoms with Gasteiger partial charge in [-0.1, -0.05) is 6.07 Å². The fourth-order valence-electron chi connectivity index (χ4n) is 3.07. The molecular formula is C16H18N6O2. The van der Waals surface area contributed by atoms with Crippen molar-refractivity contribution in [3.05, 3.63) is 36.5 Å². The molecule has 4 rings (SSSR count). The highest BCUT2D eigenvalue weighted by Gasteiger charge is 2.41. The monoisotopic (exact) mass is 326 g/mol. The number of pyridine rings is 1. The van der Waals surface area contributed by atoms with Gasteiger partial charge in [0.05, 0.1) is 5.92 Å². The molecule has 2 amide bonds. The molecule has 124 valence electrons. The summed E-state index contributed by atoms with van der Waals surface area (Å²) in [5.41, 5.74) is 0.847. The van der Waals surface area contributed by atoms with Crippen molar-refractivity contribution in [2.75, 3.05) is 6.54 Å². The second-order valence-corrected chi connectivity index (χ2v) is 6.22. The first-order valence-electron chi connectivity index (χ1n) is 8.08. The maximum Gasteiger partial charge on any atom is 0.225 e. The quantitative estimate of drug-likeness (QED) is 0.852. The molecule has 3 heterocycles. The third-order valence-electron chi connectivity index (χ3n) is 4.47. The molecule has 2 aromatic heterocycles. The van der Waals surface area contributed by atoms with Crippen molar-refractivity contribution in [3.63, 3.8) is 0 Å². The van der Waals surface area contributed by atoms with E-state index in [1.54, 1.807) is 17.2 Å². The van der Waals surface area contributed by atoms with Crippen LogP contribution in [0.3, 0.4) is 0 Å². The molecule has 8 nitrogen and oxygen atoms in total. The minimum Gasteiger partial charge on any atom is -0.352 e. The predicted molar refractivity (Wildman–Crippen MR) is 83.8 cm³/mol. The van der Waals surface area contributed by atoms with Gasteiger partial charge in [-0.15, -0.1) is 0 Å². The molecule has 24 heavy (non-hydrogen) atoms. The lowest BCUT2D eigenvalue weighted by Crippen LogP contribution is -2.33. The summed E-state index contributed by atoms with van der Waals surface area (Å²) < 4.78 is 1.56. The van der Waals surface area contributed by atoms with E-state index >= 15 is 0 Å². The molecule has 0 bridgehead atoms. The Morgan fingerprint density at radius 3 is 3.00 bits per heavy atom. The van der Waals surface area contributed by atoms with Crippen molar-refractivity contribution in [3.8, 4) is 5.82 Å². The number of rotatable bonds is 5. The van der Waals surface area contributed by atoms with Gasteiger partial charge in [-0.05, 0) is 18.9 Å². The van der Waals surface area contributed by atoms with E-state index in [0.29, 0.717) is 31.4 Å². The molecule has 0 aromatic carbocycles. The second-order valence-electron chi connectivity index (χ2n) is 6.22. The van der Waals surface area contributed by atoms with Gasteiger partial charge in [-0.2, -0.15) is 5.10 Å². The van der Waals surface area contributed by atoms with Gasteiger partial charge >= 0.3 is 0 Å². The Hall–Kier alpha value is -2.77. The number of hydrogen-bond acceptors (Lipinski definition) is 5. The zero-order valence-corrected chi connectivity index (χ0v) is 13.1. The smallest absolute Gasteiger partial charge is 0.225 e. The van der Waals surface area contributed by atoms with Crippen molar-refractivity contribution < 1.29 is 9.59 Å². The Labute approximate surface area is 138 Å². The largest absolute Gasteiger partial charge is 0.352 e. The molecule has 1 N–H and O–H groups in total. The molecule has 2 fully saturated rings. The van der Waals surface area contributed by atoms with Gasteiger partial charge in [-0.3, -0.25) is 9.59 Å². The van der Waals surface area contributed by atoms with E-state index in [1.807, 2.05) is 17.0 Å². The first kappa shape index (κ1) is 14.8. The van der Waals surface area contributed by atoms with Crippen molar-refractivity contribution in [1.29, 1.82) is 0 Å². The van der Waals surface area contributed by atoms with Gasteiger partial charge in [-0.25, -0.2) is 14.6 Å². The maximum atomic E-state index is 12.4. The standard InChI is InChI=1S/C16H18N6O2/c23-14-6-12(8-21(14)13-3-4-13)16(24)19-7-11-2-1-5-18-15(11)22-10-17-9-20-22/h1-2,5,9-10,12-13H,3-4,6-8H2,(H,19,24)/t12-/m1/s1. The number of hydrogen-bond donors (Lipinski definition) is 1. The first-order valence-corrected chi connectivity index (χ1v) is 8.08. The van der Waals surface area contributed by atoms with E-state index in [-0.39, 0.29) is 17.7 Å². The zero-order chi connectivity index (χ0) is 16.5. The van der Waals surface area contributed by atoms with Gasteiger partial charge in [0.2, 0.25) is 11.8 Å². The van der Waals surface area contributed by atoms with Crippen LogP contribution >= 0.6 is 0 Å². The van der Waals surface area contributed by atoms with Gasteiger partial charge in [0.15, 0.2) is 5.82 Å². The van der Waals surface area contributed by atoms with Crippen LogP contribution in [-0.4, -0.2) is 49.0 Å².